The Hall–Kier alpha value is -2.01. The lowest BCUT2D eigenvalue weighted by molar-refractivity contribution is -0.143. The van der Waals surface area contributed by atoms with Crippen LogP contribution in [-0.2, 0) is 19.7 Å². The van der Waals surface area contributed by atoms with Gasteiger partial charge in [-0.25, -0.2) is 12.8 Å². The summed E-state index contributed by atoms with van der Waals surface area (Å²) >= 11 is 7.22. The van der Waals surface area contributed by atoms with E-state index >= 15 is 0 Å². The van der Waals surface area contributed by atoms with E-state index in [0.29, 0.717) is 0 Å². The van der Waals surface area contributed by atoms with Gasteiger partial charge in [0, 0.05) is 32.6 Å². The van der Waals surface area contributed by atoms with Crippen molar-refractivity contribution in [2.75, 3.05) is 26.2 Å². The third kappa shape index (κ3) is 3.89. The van der Waals surface area contributed by atoms with Crippen LogP contribution in [0.2, 0.25) is 5.02 Å². The summed E-state index contributed by atoms with van der Waals surface area (Å²) in [4.78, 5) is 19.6. The number of benzene rings is 1. The molecule has 154 valence electrons. The third-order valence-electron chi connectivity index (χ3n) is 4.84. The fourth-order valence-corrected chi connectivity index (χ4v) is 6.16. The zero-order valence-electron chi connectivity index (χ0n) is 15.1. The number of thiophene rings is 1. The van der Waals surface area contributed by atoms with Gasteiger partial charge in [-0.1, -0.05) is 28.9 Å². The molecule has 11 heteroatoms. The number of carbonyl (C=O) groups excluding carboxylic acids is 1. The summed E-state index contributed by atoms with van der Waals surface area (Å²) in [6.45, 7) is 0.898. The Labute approximate surface area is 176 Å². The van der Waals surface area contributed by atoms with Crippen LogP contribution in [0.25, 0.3) is 0 Å². The first-order valence-electron chi connectivity index (χ1n) is 8.87. The number of amides is 1. The lowest BCUT2D eigenvalue weighted by Crippen LogP contribution is -2.52. The zero-order valence-corrected chi connectivity index (χ0v) is 17.5. The number of hydrogen-bond acceptors (Lipinski definition) is 6. The van der Waals surface area contributed by atoms with E-state index in [1.165, 1.54) is 16.4 Å². The van der Waals surface area contributed by atoms with Crippen LogP contribution in [0.5, 0.6) is 0 Å². The van der Waals surface area contributed by atoms with Gasteiger partial charge < -0.3 is 9.74 Å². The van der Waals surface area contributed by atoms with Crippen LogP contribution in [0.3, 0.4) is 0 Å². The van der Waals surface area contributed by atoms with Crippen LogP contribution >= 0.6 is 22.9 Å². The van der Waals surface area contributed by atoms with Crippen molar-refractivity contribution in [1.82, 2.24) is 9.21 Å². The Morgan fingerprint density at radius 1 is 1.21 bits per heavy atom. The van der Waals surface area contributed by atoms with Gasteiger partial charge in [0.15, 0.2) is 0 Å². The topological polar surface area (TPSA) is 79.3 Å². The van der Waals surface area contributed by atoms with E-state index in [1.807, 2.05) is 0 Å². The minimum atomic E-state index is -3.54. The molecule has 1 saturated heterocycles. The molecular weight excluding hydrogens is 441 g/mol. The molecule has 0 N–H and O–H groups in total. The predicted molar refractivity (Wildman–Crippen MR) is 107 cm³/mol. The molecule has 29 heavy (non-hydrogen) atoms. The largest absolute Gasteiger partial charge is 0.382 e. The van der Waals surface area contributed by atoms with Crippen molar-refractivity contribution in [3.8, 4) is 0 Å². The molecule has 1 aromatic carbocycles. The van der Waals surface area contributed by atoms with E-state index in [4.69, 9.17) is 16.4 Å². The Morgan fingerprint density at radius 3 is 2.62 bits per heavy atom. The molecule has 0 radical (unpaired) electrons. The summed E-state index contributed by atoms with van der Waals surface area (Å²) in [7, 11) is -3.54. The number of carbonyl (C=O) groups is 1. The molecule has 2 aliphatic heterocycles. The van der Waals surface area contributed by atoms with Gasteiger partial charge >= 0.3 is 0 Å². The van der Waals surface area contributed by atoms with Gasteiger partial charge in [-0.15, -0.1) is 11.3 Å². The molecule has 3 heterocycles. The molecular formula is C18H17ClFN3O4S2. The van der Waals surface area contributed by atoms with Crippen molar-refractivity contribution in [3.05, 3.63) is 52.1 Å². The lowest BCUT2D eigenvalue weighted by Gasteiger charge is -2.34. The highest BCUT2D eigenvalue weighted by molar-refractivity contribution is 7.91. The number of nitrogens with zero attached hydrogens (tertiary/aromatic N) is 3. The quantitative estimate of drug-likeness (QED) is 0.706. The second-order valence-corrected chi connectivity index (χ2v) is 10.1. The molecule has 1 fully saturated rings. The molecule has 7 nitrogen and oxygen atoms in total. The van der Waals surface area contributed by atoms with Crippen LogP contribution in [-0.4, -0.2) is 61.5 Å². The molecule has 1 atom stereocenters. The van der Waals surface area contributed by atoms with Crippen LogP contribution in [0.4, 0.5) is 4.39 Å². The van der Waals surface area contributed by atoms with Gasteiger partial charge in [0.05, 0.1) is 16.3 Å². The van der Waals surface area contributed by atoms with Crippen molar-refractivity contribution in [3.63, 3.8) is 0 Å². The Bertz CT molecular complexity index is 1030. The van der Waals surface area contributed by atoms with Crippen LogP contribution in [0.15, 0.2) is 45.1 Å². The van der Waals surface area contributed by atoms with Gasteiger partial charge in [-0.2, -0.15) is 4.31 Å². The molecule has 1 aromatic heterocycles. The van der Waals surface area contributed by atoms with Crippen molar-refractivity contribution < 1.29 is 22.4 Å². The third-order valence-corrected chi connectivity index (χ3v) is 8.42. The fraction of sp³-hybridized carbons (Fsp3) is 0.333. The maximum absolute atomic E-state index is 14.1. The van der Waals surface area contributed by atoms with Gasteiger partial charge in [0.25, 0.3) is 15.9 Å². The Kier molecular flexibility index (Phi) is 5.60. The second-order valence-electron chi connectivity index (χ2n) is 6.59. The minimum Gasteiger partial charge on any atom is -0.382 e. The van der Waals surface area contributed by atoms with E-state index in [9.17, 15) is 17.6 Å². The van der Waals surface area contributed by atoms with Gasteiger partial charge in [-0.05, 0) is 23.6 Å². The summed E-state index contributed by atoms with van der Waals surface area (Å²) in [6, 6.07) is 7.56. The summed E-state index contributed by atoms with van der Waals surface area (Å²) in [5.41, 5.74) is 0.418. The average Bonchev–Trinajstić information content (AvgIpc) is 3.40. The summed E-state index contributed by atoms with van der Waals surface area (Å²) in [5.74, 6) is -0.829. The number of hydrogen-bond donors (Lipinski definition) is 0. The monoisotopic (exact) mass is 457 g/mol. The van der Waals surface area contributed by atoms with E-state index in [0.717, 1.165) is 11.3 Å². The smallest absolute Gasteiger partial charge is 0.266 e. The van der Waals surface area contributed by atoms with Gasteiger partial charge in [0.1, 0.15) is 10.0 Å². The molecule has 4 rings (SSSR count). The number of oxime groups is 1. The standard InChI is InChI=1S/C18H17ClFN3O4S2/c19-12-3-1-4-13(20)17(12)14-11-15(27-21-14)18(24)22-6-8-23(9-7-22)29(25,26)16-5-2-10-28-16/h1-5,10,15H,6-9,11H2. The Balaban J connectivity index is 1.38. The highest BCUT2D eigenvalue weighted by atomic mass is 35.5. The SMILES string of the molecule is O=C(C1CC(c2c(F)cccc2Cl)=NO1)N1CCN(S(=O)(=O)c2cccs2)CC1. The Morgan fingerprint density at radius 2 is 1.97 bits per heavy atom. The maximum Gasteiger partial charge on any atom is 0.266 e. The number of piperazine rings is 1. The van der Waals surface area contributed by atoms with Gasteiger partial charge in [0.2, 0.25) is 6.10 Å². The normalized spacial score (nSPS) is 20.4. The second kappa shape index (κ2) is 8.02. The van der Waals surface area contributed by atoms with Crippen LogP contribution in [0.1, 0.15) is 12.0 Å². The zero-order chi connectivity index (χ0) is 20.6. The summed E-state index contributed by atoms with van der Waals surface area (Å²) < 4.78 is 40.9. The van der Waals surface area contributed by atoms with Crippen LogP contribution in [0, 0.1) is 5.82 Å². The molecule has 1 amide bonds. The number of sulfonamides is 1. The molecule has 0 saturated carbocycles. The number of rotatable bonds is 4. The highest BCUT2D eigenvalue weighted by Gasteiger charge is 2.37. The highest BCUT2D eigenvalue weighted by Crippen LogP contribution is 2.27. The lowest BCUT2D eigenvalue weighted by atomic mass is 10.0. The van der Waals surface area contributed by atoms with Crippen LogP contribution < -0.4 is 0 Å². The molecule has 1 unspecified atom stereocenters. The minimum absolute atomic E-state index is 0.104. The maximum atomic E-state index is 14.1. The molecule has 0 bridgehead atoms. The first-order valence-corrected chi connectivity index (χ1v) is 11.6. The fourth-order valence-electron chi connectivity index (χ4n) is 3.32. The predicted octanol–water partition coefficient (Wildman–Crippen LogP) is 2.57. The molecule has 0 spiro atoms. The van der Waals surface area contributed by atoms with E-state index in [2.05, 4.69) is 5.16 Å². The first-order chi connectivity index (χ1) is 13.9. The van der Waals surface area contributed by atoms with E-state index < -0.39 is 21.9 Å². The van der Waals surface area contributed by atoms with Crippen molar-refractivity contribution in [2.24, 2.45) is 5.16 Å². The average molecular weight is 458 g/mol. The van der Waals surface area contributed by atoms with Crippen molar-refractivity contribution in [1.29, 1.82) is 0 Å². The van der Waals surface area contributed by atoms with E-state index in [1.54, 1.807) is 28.5 Å². The molecule has 2 aliphatic rings. The molecule has 0 aliphatic carbocycles. The van der Waals surface area contributed by atoms with Crippen molar-refractivity contribution in [2.45, 2.75) is 16.7 Å². The van der Waals surface area contributed by atoms with E-state index in [-0.39, 0.29) is 59.0 Å². The first kappa shape index (κ1) is 20.3. The van der Waals surface area contributed by atoms with Crippen molar-refractivity contribution >= 4 is 44.6 Å². The summed E-state index contributed by atoms with van der Waals surface area (Å²) in [6.07, 6.45) is -0.770. The molecule has 2 aromatic rings. The summed E-state index contributed by atoms with van der Waals surface area (Å²) in [5, 5.41) is 5.77. The number of halogens is 2. The van der Waals surface area contributed by atoms with Gasteiger partial charge in [-0.3, -0.25) is 4.79 Å².